The molecule has 136 valence electrons. The van der Waals surface area contributed by atoms with E-state index in [0.29, 0.717) is 28.0 Å². The molecule has 4 nitrogen and oxygen atoms in total. The van der Waals surface area contributed by atoms with Gasteiger partial charge in [-0.05, 0) is 47.0 Å². The third-order valence-electron chi connectivity index (χ3n) is 4.17. The Morgan fingerprint density at radius 1 is 0.893 bits per heavy atom. The molecule has 0 atom stereocenters. The highest BCUT2D eigenvalue weighted by Crippen LogP contribution is 2.28. The quantitative estimate of drug-likeness (QED) is 0.411. The van der Waals surface area contributed by atoms with Crippen molar-refractivity contribution in [2.45, 2.75) is 11.0 Å². The van der Waals surface area contributed by atoms with Crippen LogP contribution in [0.15, 0.2) is 82.4 Å². The van der Waals surface area contributed by atoms with Gasteiger partial charge in [-0.15, -0.1) is 10.2 Å². The summed E-state index contributed by atoms with van der Waals surface area (Å²) in [6, 6.07) is 23.7. The molecular weight excluding hydrogens is 373 g/mol. The van der Waals surface area contributed by atoms with Gasteiger partial charge in [0.2, 0.25) is 5.89 Å². The van der Waals surface area contributed by atoms with E-state index < -0.39 is 0 Å². The molecule has 0 aliphatic carbocycles. The predicted octanol–water partition coefficient (Wildman–Crippen LogP) is 5.71. The first-order valence-electron chi connectivity index (χ1n) is 8.53. The summed E-state index contributed by atoms with van der Waals surface area (Å²) in [5, 5.41) is 17.7. The molecule has 1 aromatic heterocycles. The van der Waals surface area contributed by atoms with Crippen molar-refractivity contribution in [1.82, 2.24) is 10.2 Å². The van der Waals surface area contributed by atoms with Gasteiger partial charge in [0.25, 0.3) is 5.22 Å². The van der Waals surface area contributed by atoms with Gasteiger partial charge in [-0.2, -0.15) is 5.26 Å². The normalized spacial score (nSPS) is 10.6. The molecule has 0 aliphatic heterocycles. The van der Waals surface area contributed by atoms with Crippen LogP contribution in [-0.4, -0.2) is 10.2 Å². The third-order valence-corrected chi connectivity index (χ3v) is 5.06. The lowest BCUT2D eigenvalue weighted by Gasteiger charge is -2.05. The minimum absolute atomic E-state index is 0.307. The summed E-state index contributed by atoms with van der Waals surface area (Å²) >= 11 is 1.43. The SMILES string of the molecule is N#Cc1ccccc1-c1ccc(CSc2nnc(-c3ccc(F)cc3)o2)cc1. The molecule has 0 aliphatic rings. The van der Waals surface area contributed by atoms with Crippen LogP contribution < -0.4 is 0 Å². The van der Waals surface area contributed by atoms with Crippen molar-refractivity contribution in [3.05, 3.63) is 89.7 Å². The number of hydrogen-bond donors (Lipinski definition) is 0. The van der Waals surface area contributed by atoms with Gasteiger partial charge in [0.1, 0.15) is 5.82 Å². The highest BCUT2D eigenvalue weighted by Gasteiger charge is 2.10. The average Bonchev–Trinajstić information content (AvgIpc) is 3.22. The zero-order valence-electron chi connectivity index (χ0n) is 14.7. The van der Waals surface area contributed by atoms with Crippen LogP contribution in [0.2, 0.25) is 0 Å². The molecule has 0 radical (unpaired) electrons. The summed E-state index contributed by atoms with van der Waals surface area (Å²) in [5.41, 5.74) is 4.36. The van der Waals surface area contributed by atoms with E-state index in [9.17, 15) is 9.65 Å². The monoisotopic (exact) mass is 387 g/mol. The van der Waals surface area contributed by atoms with Gasteiger partial charge in [-0.1, -0.05) is 54.2 Å². The molecule has 28 heavy (non-hydrogen) atoms. The van der Waals surface area contributed by atoms with Crippen LogP contribution in [0, 0.1) is 17.1 Å². The van der Waals surface area contributed by atoms with Crippen LogP contribution >= 0.6 is 11.8 Å². The topological polar surface area (TPSA) is 62.7 Å². The van der Waals surface area contributed by atoms with Crippen molar-refractivity contribution in [2.24, 2.45) is 0 Å². The summed E-state index contributed by atoms with van der Waals surface area (Å²) in [7, 11) is 0. The number of nitriles is 1. The second kappa shape index (κ2) is 8.07. The Labute approximate surface area is 165 Å². The Morgan fingerprint density at radius 2 is 1.61 bits per heavy atom. The molecular formula is C22H14FN3OS. The van der Waals surface area contributed by atoms with Crippen LogP contribution in [0.5, 0.6) is 0 Å². The van der Waals surface area contributed by atoms with Gasteiger partial charge < -0.3 is 4.42 Å². The molecule has 0 bridgehead atoms. The molecule has 0 fully saturated rings. The molecule has 4 rings (SSSR count). The molecule has 3 aromatic carbocycles. The molecule has 0 spiro atoms. The van der Waals surface area contributed by atoms with E-state index in [2.05, 4.69) is 16.3 Å². The Balaban J connectivity index is 1.43. The molecule has 4 aromatic rings. The van der Waals surface area contributed by atoms with Crippen molar-refractivity contribution in [1.29, 1.82) is 5.26 Å². The lowest BCUT2D eigenvalue weighted by molar-refractivity contribution is 0.465. The van der Waals surface area contributed by atoms with Crippen LogP contribution in [0.1, 0.15) is 11.1 Å². The molecule has 0 saturated heterocycles. The van der Waals surface area contributed by atoms with E-state index in [1.807, 2.05) is 48.5 Å². The standard InChI is InChI=1S/C22H14FN3OS/c23-19-11-9-17(10-12-19)21-25-26-22(27-21)28-14-15-5-7-16(8-6-15)20-4-2-1-3-18(20)13-24/h1-12H,14H2. The maximum Gasteiger partial charge on any atom is 0.277 e. The second-order valence-corrected chi connectivity index (χ2v) is 6.95. The van der Waals surface area contributed by atoms with Gasteiger partial charge in [0.15, 0.2) is 0 Å². The molecule has 0 unspecified atom stereocenters. The van der Waals surface area contributed by atoms with Crippen LogP contribution in [-0.2, 0) is 5.75 Å². The maximum atomic E-state index is 13.0. The van der Waals surface area contributed by atoms with Gasteiger partial charge in [0, 0.05) is 11.3 Å². The van der Waals surface area contributed by atoms with Crippen LogP contribution in [0.3, 0.4) is 0 Å². The minimum atomic E-state index is -0.307. The summed E-state index contributed by atoms with van der Waals surface area (Å²) in [6.07, 6.45) is 0. The molecule has 6 heteroatoms. The summed E-state index contributed by atoms with van der Waals surface area (Å²) in [5.74, 6) is 0.732. The van der Waals surface area contributed by atoms with Crippen LogP contribution in [0.25, 0.3) is 22.6 Å². The number of nitrogens with zero attached hydrogens (tertiary/aromatic N) is 3. The molecule has 0 amide bonds. The van der Waals surface area contributed by atoms with E-state index in [1.165, 1.54) is 23.9 Å². The minimum Gasteiger partial charge on any atom is -0.411 e. The number of thioether (sulfide) groups is 1. The average molecular weight is 387 g/mol. The Kier molecular flexibility index (Phi) is 5.18. The second-order valence-electron chi connectivity index (χ2n) is 6.02. The zero-order chi connectivity index (χ0) is 19.3. The van der Waals surface area contributed by atoms with Gasteiger partial charge >= 0.3 is 0 Å². The van der Waals surface area contributed by atoms with E-state index in [1.54, 1.807) is 12.1 Å². The van der Waals surface area contributed by atoms with E-state index in [4.69, 9.17) is 4.42 Å². The third kappa shape index (κ3) is 3.95. The summed E-state index contributed by atoms with van der Waals surface area (Å²) < 4.78 is 18.6. The highest BCUT2D eigenvalue weighted by atomic mass is 32.2. The number of aromatic nitrogens is 2. The highest BCUT2D eigenvalue weighted by molar-refractivity contribution is 7.98. The first-order valence-corrected chi connectivity index (χ1v) is 9.52. The number of benzene rings is 3. The van der Waals surface area contributed by atoms with Gasteiger partial charge in [-0.25, -0.2) is 4.39 Å². The zero-order valence-corrected chi connectivity index (χ0v) is 15.5. The predicted molar refractivity (Wildman–Crippen MR) is 106 cm³/mol. The molecule has 0 saturated carbocycles. The van der Waals surface area contributed by atoms with Gasteiger partial charge in [0.05, 0.1) is 11.6 Å². The Hall–Kier alpha value is -3.43. The largest absolute Gasteiger partial charge is 0.411 e. The number of hydrogen-bond acceptors (Lipinski definition) is 5. The lowest BCUT2D eigenvalue weighted by atomic mass is 10.00. The van der Waals surface area contributed by atoms with Crippen molar-refractivity contribution >= 4 is 11.8 Å². The molecule has 0 N–H and O–H groups in total. The van der Waals surface area contributed by atoms with Gasteiger partial charge in [-0.3, -0.25) is 0 Å². The van der Waals surface area contributed by atoms with Crippen molar-refractivity contribution < 1.29 is 8.81 Å². The van der Waals surface area contributed by atoms with Crippen LogP contribution in [0.4, 0.5) is 4.39 Å². The van der Waals surface area contributed by atoms with Crippen molar-refractivity contribution in [2.75, 3.05) is 0 Å². The fraction of sp³-hybridized carbons (Fsp3) is 0.0455. The molecule has 1 heterocycles. The van der Waals surface area contributed by atoms with Crippen molar-refractivity contribution in [3.8, 4) is 28.7 Å². The Bertz CT molecular complexity index is 1130. The summed E-state index contributed by atoms with van der Waals surface area (Å²) in [4.78, 5) is 0. The first kappa shape index (κ1) is 18.0. The smallest absolute Gasteiger partial charge is 0.277 e. The lowest BCUT2D eigenvalue weighted by Crippen LogP contribution is -1.85. The van der Waals surface area contributed by atoms with E-state index in [-0.39, 0.29) is 5.82 Å². The Morgan fingerprint density at radius 3 is 2.36 bits per heavy atom. The number of rotatable bonds is 5. The fourth-order valence-corrected chi connectivity index (χ4v) is 3.45. The van der Waals surface area contributed by atoms with E-state index >= 15 is 0 Å². The fourth-order valence-electron chi connectivity index (χ4n) is 2.74. The number of halogens is 1. The maximum absolute atomic E-state index is 13.0. The first-order chi connectivity index (χ1) is 13.7. The van der Waals surface area contributed by atoms with E-state index in [0.717, 1.165) is 16.7 Å². The van der Waals surface area contributed by atoms with Crippen molar-refractivity contribution in [3.63, 3.8) is 0 Å². The summed E-state index contributed by atoms with van der Waals surface area (Å²) in [6.45, 7) is 0.